The van der Waals surface area contributed by atoms with Crippen LogP contribution in [0.25, 0.3) is 0 Å². The van der Waals surface area contributed by atoms with Crippen LogP contribution in [0.1, 0.15) is 33.9 Å². The molecule has 0 atom stereocenters. The van der Waals surface area contributed by atoms with Gasteiger partial charge in [-0.25, -0.2) is 4.98 Å². The number of fused-ring (bicyclic) bond motifs is 6. The molecule has 6 aromatic rings. The Hall–Kier alpha value is -6.79. The molecule has 2 aromatic heterocycles. The summed E-state index contributed by atoms with van der Waals surface area (Å²) in [6, 6.07) is 38.6. The van der Waals surface area contributed by atoms with E-state index in [-0.39, 0.29) is 0 Å². The van der Waals surface area contributed by atoms with Gasteiger partial charge in [-0.15, -0.1) is 0 Å². The van der Waals surface area contributed by atoms with Crippen LogP contribution in [0.5, 0.6) is 34.5 Å². The molecule has 20 heteroatoms. The molecule has 4 aromatic carbocycles. The number of hydrogen-bond acceptors (Lipinski definition) is 12. The van der Waals surface area contributed by atoms with Crippen LogP contribution in [0.3, 0.4) is 0 Å². The summed E-state index contributed by atoms with van der Waals surface area (Å²) in [4.78, 5) is 18.5. The molecule has 0 saturated carbocycles. The minimum atomic E-state index is -10.7. The number of aromatic nitrogens is 2. The van der Waals surface area contributed by atoms with Gasteiger partial charge >= 0.3 is 33.0 Å². The van der Waals surface area contributed by atoms with Crippen LogP contribution < -0.4 is 33.7 Å². The van der Waals surface area contributed by atoms with Crippen LogP contribution in [0.2, 0.25) is 0 Å². The molecule has 0 unspecified atom stereocenters. The van der Waals surface area contributed by atoms with Gasteiger partial charge in [-0.2, -0.15) is 0 Å². The van der Waals surface area contributed by atoms with Crippen molar-refractivity contribution >= 4 is 31.6 Å². The zero-order valence-corrected chi connectivity index (χ0v) is 38.6. The van der Waals surface area contributed by atoms with Gasteiger partial charge in [-0.05, 0) is 72.8 Å². The maximum absolute atomic E-state index is 10.7. The van der Waals surface area contributed by atoms with Crippen molar-refractivity contribution in [2.45, 2.75) is 26.3 Å². The topological polar surface area (TPSA) is 141 Å². The molecule has 4 bridgehead atoms. The fraction of sp³-hybridized carbons (Fsp3) is 0.250. The fourth-order valence-electron chi connectivity index (χ4n) is 6.09. The summed E-state index contributed by atoms with van der Waals surface area (Å²) in [5.41, 5.74) is 6.81. The molecule has 13 nitrogen and oxygen atoms in total. The second kappa shape index (κ2) is 24.3. The first-order valence-electron chi connectivity index (χ1n) is 20.9. The average Bonchev–Trinajstić information content (AvgIpc) is 3.32. The molecule has 0 radical (unpaired) electrons. The predicted octanol–water partition coefficient (Wildman–Crippen LogP) is 10.8. The van der Waals surface area contributed by atoms with E-state index < -0.39 is 7.81 Å². The molecule has 2 N–H and O–H groups in total. The van der Waals surface area contributed by atoms with Gasteiger partial charge in [0.05, 0.1) is 90.1 Å². The third kappa shape index (κ3) is 20.4. The van der Waals surface area contributed by atoms with E-state index in [1.807, 2.05) is 121 Å². The third-order valence-electron chi connectivity index (χ3n) is 9.11. The van der Waals surface area contributed by atoms with Gasteiger partial charge in [0.15, 0.2) is 0 Å². The van der Waals surface area contributed by atoms with Crippen LogP contribution in [-0.4, -0.2) is 77.3 Å². The summed E-state index contributed by atoms with van der Waals surface area (Å²) in [7, 11) is -4.03. The van der Waals surface area contributed by atoms with Crippen molar-refractivity contribution in [2.24, 2.45) is 9.98 Å². The van der Waals surface area contributed by atoms with E-state index in [1.165, 1.54) is 0 Å². The zero-order valence-electron chi connectivity index (χ0n) is 37.7. The first kappa shape index (κ1) is 52.2. The number of nitrogens with two attached hydrogens (primary N) is 1. The van der Waals surface area contributed by atoms with Crippen LogP contribution in [-0.2, 0) is 35.8 Å². The first-order chi connectivity index (χ1) is 32.5. The summed E-state index contributed by atoms with van der Waals surface area (Å²) in [5.74, 6) is 4.56. The number of aliphatic imine (C=N–C) groups is 2. The number of pyridine rings is 2. The van der Waals surface area contributed by atoms with Gasteiger partial charge in [0.2, 0.25) is 0 Å². The van der Waals surface area contributed by atoms with E-state index in [0.717, 1.165) is 58.6 Å². The Bertz CT molecular complexity index is 2400. The number of rotatable bonds is 8. The predicted molar refractivity (Wildman–Crippen MR) is 248 cm³/mol. The molecule has 7 rings (SSSR count). The number of quaternary nitrogens is 1. The van der Waals surface area contributed by atoms with Crippen molar-refractivity contribution in [3.63, 3.8) is 0 Å². The Labute approximate surface area is 390 Å². The third-order valence-corrected chi connectivity index (χ3v) is 9.11. The Morgan fingerprint density at radius 3 is 1.26 bits per heavy atom. The second-order valence-corrected chi connectivity index (χ2v) is 16.4. The quantitative estimate of drug-likeness (QED) is 0.116. The van der Waals surface area contributed by atoms with E-state index in [4.69, 9.17) is 37.9 Å². The van der Waals surface area contributed by atoms with Gasteiger partial charge < -0.3 is 43.2 Å². The number of ether oxygens (including phenoxy) is 8. The number of para-hydroxylation sites is 4. The number of hydrogen-bond donors (Lipinski definition) is 1. The van der Waals surface area contributed by atoms with Gasteiger partial charge in [0, 0.05) is 23.3 Å². The zero-order chi connectivity index (χ0) is 48.9. The SMILES string of the molecule is C1=Nc2ccccc2OCCOCc2cccc(n2)COCCOc2ccccc2N=Cc2cccc1n2.COc1cc(C[NH2+]Cc2cc(OC)cc(OC)c2)cc(OC)c1.F[P-](F)(F)(F)(F)F. The normalized spacial score (nSPS) is 14.1. The van der Waals surface area contributed by atoms with E-state index in [1.54, 1.807) is 40.9 Å². The Kier molecular flexibility index (Phi) is 18.6. The molecule has 1 aliphatic heterocycles. The molecule has 0 aliphatic carbocycles. The number of methoxy groups -OCH3 is 4. The Morgan fingerprint density at radius 1 is 0.485 bits per heavy atom. The van der Waals surface area contributed by atoms with Crippen molar-refractivity contribution in [3.05, 3.63) is 155 Å². The minimum absolute atomic E-state index is 0.388. The van der Waals surface area contributed by atoms with Crippen LogP contribution in [0.4, 0.5) is 36.6 Å². The van der Waals surface area contributed by atoms with Crippen molar-refractivity contribution in [2.75, 3.05) is 54.9 Å². The summed E-state index contributed by atoms with van der Waals surface area (Å²) in [6.07, 6.45) is 3.43. The second-order valence-electron chi connectivity index (χ2n) is 14.5. The summed E-state index contributed by atoms with van der Waals surface area (Å²) in [6.45, 7) is 4.05. The number of halogens is 6. The monoisotopic (exact) mass is 971 g/mol. The van der Waals surface area contributed by atoms with Gasteiger partial charge in [-0.3, -0.25) is 15.0 Å². The van der Waals surface area contributed by atoms with Crippen LogP contribution >= 0.6 is 7.81 Å². The van der Waals surface area contributed by atoms with Gasteiger partial charge in [0.25, 0.3) is 0 Å². The van der Waals surface area contributed by atoms with E-state index >= 15 is 0 Å². The molecule has 0 saturated heterocycles. The molecule has 0 spiro atoms. The molecule has 68 heavy (non-hydrogen) atoms. The molecule has 0 amide bonds. The van der Waals surface area contributed by atoms with Crippen molar-refractivity contribution in [1.82, 2.24) is 9.97 Å². The molecule has 3 heterocycles. The van der Waals surface area contributed by atoms with E-state index in [9.17, 15) is 25.2 Å². The summed E-state index contributed by atoms with van der Waals surface area (Å²) < 4.78 is 104. The molecule has 0 fully saturated rings. The Morgan fingerprint density at radius 2 is 0.868 bits per heavy atom. The summed E-state index contributed by atoms with van der Waals surface area (Å²) >= 11 is 0. The number of benzene rings is 4. The Balaban J connectivity index is 0.000000244. The standard InChI is InChI=1S/C30H28N4O4.C18H23NO4.F6P/c1-3-13-29-27(11-1)31-19-23-7-5-8-24(33-23)20-32-28-12-2-4-14-30(28)38-18-16-36-22-26-10-6-9-25(34-26)21-35-15-17-37-29;1-20-15-5-13(6-16(9-15)21-2)11-19-12-14-7-17(22-3)10-18(8-14)23-4;1-7(2,3,4,5)6/h1-14,19-20H,15-18,21-22H2;5-10,19H,11-12H2,1-4H3;/q;;-1/p+1. The van der Waals surface area contributed by atoms with Gasteiger partial charge in [0.1, 0.15) is 72.2 Å². The molecular formula is C48H52F6N5O8P. The van der Waals surface area contributed by atoms with E-state index in [0.29, 0.717) is 73.9 Å². The fourth-order valence-corrected chi connectivity index (χ4v) is 6.09. The van der Waals surface area contributed by atoms with Gasteiger partial charge in [-0.1, -0.05) is 36.4 Å². The average molecular weight is 972 g/mol. The molecule has 364 valence electrons. The van der Waals surface area contributed by atoms with Crippen molar-refractivity contribution in [3.8, 4) is 34.5 Å². The first-order valence-corrected chi connectivity index (χ1v) is 22.9. The van der Waals surface area contributed by atoms with Crippen molar-refractivity contribution < 1.29 is 68.4 Å². The van der Waals surface area contributed by atoms with Crippen LogP contribution in [0, 0.1) is 0 Å². The van der Waals surface area contributed by atoms with E-state index in [2.05, 4.69) is 25.3 Å². The van der Waals surface area contributed by atoms with Crippen molar-refractivity contribution in [1.29, 1.82) is 0 Å². The maximum atomic E-state index is 9.87. The molecular weight excluding hydrogens is 920 g/mol. The van der Waals surface area contributed by atoms with Crippen LogP contribution in [0.15, 0.2) is 131 Å². The number of nitrogens with zero attached hydrogens (tertiary/aromatic N) is 4. The molecule has 1 aliphatic rings. The summed E-state index contributed by atoms with van der Waals surface area (Å²) in [5, 5.41) is 2.21.